The van der Waals surface area contributed by atoms with Gasteiger partial charge in [-0.1, -0.05) is 39.0 Å². The monoisotopic (exact) mass is 365 g/mol. The SMILES string of the molecule is CCCCCC(C)NC(=O)CN1CCC(C(=O)N2CCCCCC2)CC1. The van der Waals surface area contributed by atoms with Crippen LogP contribution in [-0.4, -0.2) is 60.4 Å². The minimum Gasteiger partial charge on any atom is -0.353 e. The molecule has 0 saturated carbocycles. The largest absolute Gasteiger partial charge is 0.353 e. The van der Waals surface area contributed by atoms with Gasteiger partial charge in [-0.2, -0.15) is 0 Å². The molecule has 5 heteroatoms. The molecule has 5 nitrogen and oxygen atoms in total. The third kappa shape index (κ3) is 7.26. The van der Waals surface area contributed by atoms with E-state index in [1.807, 2.05) is 0 Å². The first-order chi connectivity index (χ1) is 12.6. The average Bonchev–Trinajstić information content (AvgIpc) is 2.91. The molecule has 2 heterocycles. The molecule has 150 valence electrons. The van der Waals surface area contributed by atoms with Crippen molar-refractivity contribution < 1.29 is 9.59 Å². The Bertz CT molecular complexity index is 425. The first-order valence-electron chi connectivity index (χ1n) is 10.9. The summed E-state index contributed by atoms with van der Waals surface area (Å²) in [5.41, 5.74) is 0. The lowest BCUT2D eigenvalue weighted by atomic mass is 9.95. The van der Waals surface area contributed by atoms with Crippen LogP contribution in [0.25, 0.3) is 0 Å². The summed E-state index contributed by atoms with van der Waals surface area (Å²) >= 11 is 0. The van der Waals surface area contributed by atoms with Gasteiger partial charge in [0.25, 0.3) is 0 Å². The fourth-order valence-corrected chi connectivity index (χ4v) is 4.18. The van der Waals surface area contributed by atoms with Crippen molar-refractivity contribution >= 4 is 11.8 Å². The van der Waals surface area contributed by atoms with E-state index in [9.17, 15) is 9.59 Å². The van der Waals surface area contributed by atoms with Crippen LogP contribution in [0, 0.1) is 5.92 Å². The second-order valence-electron chi connectivity index (χ2n) is 8.25. The zero-order valence-corrected chi connectivity index (χ0v) is 17.0. The van der Waals surface area contributed by atoms with E-state index in [0.717, 1.165) is 58.3 Å². The first kappa shape index (κ1) is 21.2. The van der Waals surface area contributed by atoms with E-state index in [1.165, 1.54) is 32.1 Å². The van der Waals surface area contributed by atoms with E-state index >= 15 is 0 Å². The number of hydrogen-bond donors (Lipinski definition) is 1. The Labute approximate surface area is 159 Å². The number of piperidine rings is 1. The van der Waals surface area contributed by atoms with Gasteiger partial charge in [-0.05, 0) is 52.1 Å². The van der Waals surface area contributed by atoms with E-state index in [-0.39, 0.29) is 17.9 Å². The maximum atomic E-state index is 12.7. The molecule has 1 N–H and O–H groups in total. The van der Waals surface area contributed by atoms with E-state index < -0.39 is 0 Å². The van der Waals surface area contributed by atoms with Crippen LogP contribution in [0.1, 0.15) is 78.1 Å². The van der Waals surface area contributed by atoms with Gasteiger partial charge in [0.15, 0.2) is 0 Å². The zero-order valence-electron chi connectivity index (χ0n) is 17.0. The van der Waals surface area contributed by atoms with Crippen LogP contribution < -0.4 is 5.32 Å². The molecule has 0 aromatic heterocycles. The molecule has 2 saturated heterocycles. The molecule has 0 bridgehead atoms. The molecule has 0 aliphatic carbocycles. The van der Waals surface area contributed by atoms with Gasteiger partial charge in [0, 0.05) is 25.0 Å². The number of amides is 2. The van der Waals surface area contributed by atoms with Crippen molar-refractivity contribution in [2.24, 2.45) is 5.92 Å². The molecule has 2 amide bonds. The van der Waals surface area contributed by atoms with E-state index in [1.54, 1.807) is 0 Å². The van der Waals surface area contributed by atoms with Gasteiger partial charge in [-0.15, -0.1) is 0 Å². The Morgan fingerprint density at radius 1 is 1.00 bits per heavy atom. The fraction of sp³-hybridized carbons (Fsp3) is 0.905. The van der Waals surface area contributed by atoms with Crippen LogP contribution in [0.2, 0.25) is 0 Å². The predicted molar refractivity (Wildman–Crippen MR) is 106 cm³/mol. The normalized spacial score (nSPS) is 21.2. The van der Waals surface area contributed by atoms with Gasteiger partial charge in [0.1, 0.15) is 0 Å². The second-order valence-corrected chi connectivity index (χ2v) is 8.25. The van der Waals surface area contributed by atoms with Gasteiger partial charge in [0.2, 0.25) is 11.8 Å². The molecule has 2 aliphatic heterocycles. The summed E-state index contributed by atoms with van der Waals surface area (Å²) in [4.78, 5) is 29.3. The molecular weight excluding hydrogens is 326 g/mol. The highest BCUT2D eigenvalue weighted by molar-refractivity contribution is 5.79. The highest BCUT2D eigenvalue weighted by atomic mass is 16.2. The summed E-state index contributed by atoms with van der Waals surface area (Å²) < 4.78 is 0. The Balaban J connectivity index is 1.65. The van der Waals surface area contributed by atoms with Gasteiger partial charge < -0.3 is 10.2 Å². The van der Waals surface area contributed by atoms with Gasteiger partial charge >= 0.3 is 0 Å². The number of carbonyl (C=O) groups is 2. The Morgan fingerprint density at radius 3 is 2.27 bits per heavy atom. The maximum absolute atomic E-state index is 12.7. The number of nitrogens with zero attached hydrogens (tertiary/aromatic N) is 2. The molecule has 2 rings (SSSR count). The van der Waals surface area contributed by atoms with Gasteiger partial charge in [0.05, 0.1) is 6.54 Å². The maximum Gasteiger partial charge on any atom is 0.234 e. The lowest BCUT2D eigenvalue weighted by Gasteiger charge is -2.33. The zero-order chi connectivity index (χ0) is 18.8. The van der Waals surface area contributed by atoms with Crippen molar-refractivity contribution in [2.45, 2.75) is 84.1 Å². The molecular formula is C21H39N3O2. The van der Waals surface area contributed by atoms with Crippen LogP contribution in [0.15, 0.2) is 0 Å². The van der Waals surface area contributed by atoms with Crippen LogP contribution in [0.5, 0.6) is 0 Å². The lowest BCUT2D eigenvalue weighted by molar-refractivity contribution is -0.137. The Hall–Kier alpha value is -1.10. The average molecular weight is 366 g/mol. The minimum atomic E-state index is 0.131. The summed E-state index contributed by atoms with van der Waals surface area (Å²) in [5, 5.41) is 3.12. The Morgan fingerprint density at radius 2 is 1.65 bits per heavy atom. The number of carbonyl (C=O) groups excluding carboxylic acids is 2. The van der Waals surface area contributed by atoms with Crippen molar-refractivity contribution in [1.82, 2.24) is 15.1 Å². The Kier molecular flexibility index (Phi) is 9.44. The molecule has 0 aromatic rings. The van der Waals surface area contributed by atoms with Crippen LogP contribution in [0.3, 0.4) is 0 Å². The van der Waals surface area contributed by atoms with Crippen LogP contribution in [0.4, 0.5) is 0 Å². The number of rotatable bonds is 8. The summed E-state index contributed by atoms with van der Waals surface area (Å²) in [6.07, 6.45) is 11.3. The highest BCUT2D eigenvalue weighted by Crippen LogP contribution is 2.21. The van der Waals surface area contributed by atoms with Gasteiger partial charge in [-0.25, -0.2) is 0 Å². The van der Waals surface area contributed by atoms with Crippen molar-refractivity contribution in [1.29, 1.82) is 0 Å². The molecule has 1 unspecified atom stereocenters. The summed E-state index contributed by atoms with van der Waals surface area (Å²) in [5.74, 6) is 0.659. The topological polar surface area (TPSA) is 52.7 Å². The smallest absolute Gasteiger partial charge is 0.234 e. The first-order valence-corrected chi connectivity index (χ1v) is 10.9. The summed E-state index contributed by atoms with van der Waals surface area (Å²) in [6, 6.07) is 0.260. The van der Waals surface area contributed by atoms with Crippen LogP contribution >= 0.6 is 0 Å². The van der Waals surface area contributed by atoms with E-state index in [0.29, 0.717) is 12.5 Å². The minimum absolute atomic E-state index is 0.131. The van der Waals surface area contributed by atoms with Crippen molar-refractivity contribution in [3.05, 3.63) is 0 Å². The highest BCUT2D eigenvalue weighted by Gasteiger charge is 2.29. The molecule has 2 fully saturated rings. The standard InChI is InChI=1S/C21H39N3O2/c1-3-4-7-10-18(2)22-20(25)17-23-15-11-19(12-16-23)21(26)24-13-8-5-6-9-14-24/h18-19H,3-17H2,1-2H3,(H,22,25). The molecule has 0 radical (unpaired) electrons. The third-order valence-corrected chi connectivity index (χ3v) is 5.87. The van der Waals surface area contributed by atoms with E-state index in [2.05, 4.69) is 29.0 Å². The quantitative estimate of drug-likeness (QED) is 0.672. The number of unbranched alkanes of at least 4 members (excludes halogenated alkanes) is 2. The van der Waals surface area contributed by atoms with Crippen LogP contribution in [-0.2, 0) is 9.59 Å². The summed E-state index contributed by atoms with van der Waals surface area (Å²) in [7, 11) is 0. The van der Waals surface area contributed by atoms with Crippen molar-refractivity contribution in [3.63, 3.8) is 0 Å². The number of hydrogen-bond acceptors (Lipinski definition) is 3. The number of nitrogens with one attached hydrogen (secondary N) is 1. The van der Waals surface area contributed by atoms with Crippen molar-refractivity contribution in [3.8, 4) is 0 Å². The molecule has 0 aromatic carbocycles. The van der Waals surface area contributed by atoms with Gasteiger partial charge in [-0.3, -0.25) is 14.5 Å². The molecule has 26 heavy (non-hydrogen) atoms. The number of likely N-dealkylation sites (tertiary alicyclic amines) is 2. The fourth-order valence-electron chi connectivity index (χ4n) is 4.18. The second kappa shape index (κ2) is 11.6. The van der Waals surface area contributed by atoms with E-state index in [4.69, 9.17) is 0 Å². The summed E-state index contributed by atoms with van der Waals surface area (Å²) in [6.45, 7) is 8.38. The van der Waals surface area contributed by atoms with Crippen molar-refractivity contribution in [2.75, 3.05) is 32.7 Å². The molecule has 2 aliphatic rings. The molecule has 1 atom stereocenters. The third-order valence-electron chi connectivity index (χ3n) is 5.87. The molecule has 0 spiro atoms. The predicted octanol–water partition coefficient (Wildman–Crippen LogP) is 3.19. The lowest BCUT2D eigenvalue weighted by Crippen LogP contribution is -2.46.